The lowest BCUT2D eigenvalue weighted by atomic mass is 10.1. The molecule has 2 nitrogen and oxygen atoms in total. The van der Waals surface area contributed by atoms with Crippen molar-refractivity contribution >= 4 is 17.5 Å². The Hall–Kier alpha value is -0.960. The first-order valence-corrected chi connectivity index (χ1v) is 6.12. The number of ketones is 1. The van der Waals surface area contributed by atoms with Gasteiger partial charge in [0.05, 0.1) is 7.11 Å². The lowest BCUT2D eigenvalue weighted by Crippen LogP contribution is -1.99. The SMILES string of the molecule is CCc1cc(SC)c(C(C)=O)cc1OC. The van der Waals surface area contributed by atoms with Gasteiger partial charge in [-0.3, -0.25) is 4.79 Å². The second-order valence-electron chi connectivity index (χ2n) is 3.27. The quantitative estimate of drug-likeness (QED) is 0.580. The fourth-order valence-corrected chi connectivity index (χ4v) is 2.20. The van der Waals surface area contributed by atoms with Crippen LogP contribution in [0.25, 0.3) is 0 Å². The predicted molar refractivity (Wildman–Crippen MR) is 64.2 cm³/mol. The molecule has 0 aliphatic carbocycles. The smallest absolute Gasteiger partial charge is 0.161 e. The van der Waals surface area contributed by atoms with Crippen LogP contribution >= 0.6 is 11.8 Å². The Morgan fingerprint density at radius 1 is 1.47 bits per heavy atom. The molecule has 0 saturated heterocycles. The molecule has 3 heteroatoms. The molecule has 0 fully saturated rings. The lowest BCUT2D eigenvalue weighted by molar-refractivity contribution is 0.101. The minimum atomic E-state index is 0.0836. The summed E-state index contributed by atoms with van der Waals surface area (Å²) in [4.78, 5) is 12.5. The zero-order chi connectivity index (χ0) is 11.4. The monoisotopic (exact) mass is 224 g/mol. The zero-order valence-electron chi connectivity index (χ0n) is 9.59. The summed E-state index contributed by atoms with van der Waals surface area (Å²) >= 11 is 1.60. The van der Waals surface area contributed by atoms with E-state index in [2.05, 4.69) is 6.92 Å². The molecule has 0 aliphatic heterocycles. The van der Waals surface area contributed by atoms with Crippen molar-refractivity contribution in [2.75, 3.05) is 13.4 Å². The molecule has 1 rings (SSSR count). The Kier molecular flexibility index (Phi) is 4.21. The van der Waals surface area contributed by atoms with Crippen molar-refractivity contribution in [3.63, 3.8) is 0 Å². The highest BCUT2D eigenvalue weighted by Crippen LogP contribution is 2.29. The Labute approximate surface area is 95.0 Å². The molecule has 1 aromatic carbocycles. The van der Waals surface area contributed by atoms with Crippen molar-refractivity contribution in [1.82, 2.24) is 0 Å². The van der Waals surface area contributed by atoms with Crippen molar-refractivity contribution < 1.29 is 9.53 Å². The van der Waals surface area contributed by atoms with Gasteiger partial charge in [0.25, 0.3) is 0 Å². The van der Waals surface area contributed by atoms with Crippen LogP contribution in [0.2, 0.25) is 0 Å². The van der Waals surface area contributed by atoms with Crippen molar-refractivity contribution in [1.29, 1.82) is 0 Å². The number of ether oxygens (including phenoxy) is 1. The van der Waals surface area contributed by atoms with E-state index in [4.69, 9.17) is 4.74 Å². The average Bonchev–Trinajstić information content (AvgIpc) is 2.26. The molecule has 0 radical (unpaired) electrons. The maximum Gasteiger partial charge on any atom is 0.161 e. The molecule has 82 valence electrons. The number of methoxy groups -OCH3 is 1. The minimum absolute atomic E-state index is 0.0836. The van der Waals surface area contributed by atoms with Gasteiger partial charge in [-0.2, -0.15) is 0 Å². The molecule has 0 aliphatic rings. The number of Topliss-reactive ketones (excluding diaryl/α,β-unsaturated/α-hetero) is 1. The Balaban J connectivity index is 3.34. The molecule has 0 spiro atoms. The van der Waals surface area contributed by atoms with Crippen LogP contribution in [0, 0.1) is 0 Å². The highest BCUT2D eigenvalue weighted by atomic mass is 32.2. The van der Waals surface area contributed by atoms with Crippen molar-refractivity contribution in [3.8, 4) is 5.75 Å². The van der Waals surface area contributed by atoms with Gasteiger partial charge in [0.2, 0.25) is 0 Å². The number of carbonyl (C=O) groups is 1. The Morgan fingerprint density at radius 3 is 2.53 bits per heavy atom. The summed E-state index contributed by atoms with van der Waals surface area (Å²) < 4.78 is 5.27. The number of carbonyl (C=O) groups excluding carboxylic acids is 1. The van der Waals surface area contributed by atoms with E-state index < -0.39 is 0 Å². The van der Waals surface area contributed by atoms with Crippen LogP contribution in [0.3, 0.4) is 0 Å². The highest BCUT2D eigenvalue weighted by molar-refractivity contribution is 7.98. The minimum Gasteiger partial charge on any atom is -0.496 e. The topological polar surface area (TPSA) is 26.3 Å². The second-order valence-corrected chi connectivity index (χ2v) is 4.12. The highest BCUT2D eigenvalue weighted by Gasteiger charge is 2.11. The summed E-state index contributed by atoms with van der Waals surface area (Å²) in [7, 11) is 1.64. The molecule has 0 atom stereocenters. The number of benzene rings is 1. The van der Waals surface area contributed by atoms with Crippen LogP contribution in [0.1, 0.15) is 29.8 Å². The molecule has 0 amide bonds. The molecular weight excluding hydrogens is 208 g/mol. The Morgan fingerprint density at radius 2 is 2.13 bits per heavy atom. The van der Waals surface area contributed by atoms with Gasteiger partial charge in [0.1, 0.15) is 5.75 Å². The van der Waals surface area contributed by atoms with Crippen LogP contribution in [-0.2, 0) is 6.42 Å². The van der Waals surface area contributed by atoms with Crippen LogP contribution < -0.4 is 4.74 Å². The zero-order valence-corrected chi connectivity index (χ0v) is 10.4. The summed E-state index contributed by atoms with van der Waals surface area (Å²) in [5.41, 5.74) is 1.89. The molecular formula is C12H16O2S. The van der Waals surface area contributed by atoms with E-state index in [0.717, 1.165) is 28.2 Å². The normalized spacial score (nSPS) is 10.1. The van der Waals surface area contributed by atoms with Gasteiger partial charge in [-0.25, -0.2) is 0 Å². The number of rotatable bonds is 4. The average molecular weight is 224 g/mol. The van der Waals surface area contributed by atoms with Gasteiger partial charge in [-0.05, 0) is 37.3 Å². The summed E-state index contributed by atoms with van der Waals surface area (Å²) in [6, 6.07) is 3.88. The third-order valence-electron chi connectivity index (χ3n) is 2.36. The molecule has 0 unspecified atom stereocenters. The third kappa shape index (κ3) is 2.53. The molecule has 15 heavy (non-hydrogen) atoms. The fourth-order valence-electron chi connectivity index (χ4n) is 1.51. The summed E-state index contributed by atoms with van der Waals surface area (Å²) in [5.74, 6) is 0.890. The van der Waals surface area contributed by atoms with E-state index in [1.54, 1.807) is 25.8 Å². The maximum absolute atomic E-state index is 11.4. The van der Waals surface area contributed by atoms with E-state index in [1.807, 2.05) is 18.4 Å². The number of hydrogen-bond donors (Lipinski definition) is 0. The number of hydrogen-bond acceptors (Lipinski definition) is 3. The summed E-state index contributed by atoms with van der Waals surface area (Å²) in [5, 5.41) is 0. The van der Waals surface area contributed by atoms with Crippen LogP contribution in [0.5, 0.6) is 5.75 Å². The largest absolute Gasteiger partial charge is 0.496 e. The molecule has 0 aromatic heterocycles. The molecule has 0 N–H and O–H groups in total. The molecule has 0 saturated carbocycles. The van der Waals surface area contributed by atoms with Crippen LogP contribution in [0.15, 0.2) is 17.0 Å². The molecule has 1 aromatic rings. The first-order chi connectivity index (χ1) is 7.13. The third-order valence-corrected chi connectivity index (χ3v) is 3.14. The van der Waals surface area contributed by atoms with Gasteiger partial charge in [0, 0.05) is 10.5 Å². The number of thioether (sulfide) groups is 1. The maximum atomic E-state index is 11.4. The summed E-state index contributed by atoms with van der Waals surface area (Å²) in [6.45, 7) is 3.66. The van der Waals surface area contributed by atoms with Crippen LogP contribution in [0.4, 0.5) is 0 Å². The molecule has 0 bridgehead atoms. The lowest BCUT2D eigenvalue weighted by Gasteiger charge is -2.11. The standard InChI is InChI=1S/C12H16O2S/c1-5-9-6-12(15-4)10(8(2)13)7-11(9)14-3/h6-7H,5H2,1-4H3. The predicted octanol–water partition coefficient (Wildman–Crippen LogP) is 3.18. The van der Waals surface area contributed by atoms with E-state index in [-0.39, 0.29) is 5.78 Å². The van der Waals surface area contributed by atoms with Crippen LogP contribution in [-0.4, -0.2) is 19.1 Å². The van der Waals surface area contributed by atoms with Crippen molar-refractivity contribution in [2.24, 2.45) is 0 Å². The van der Waals surface area contributed by atoms with E-state index >= 15 is 0 Å². The van der Waals surface area contributed by atoms with Gasteiger partial charge < -0.3 is 4.74 Å². The van der Waals surface area contributed by atoms with Crippen molar-refractivity contribution in [3.05, 3.63) is 23.3 Å². The molecule has 0 heterocycles. The first-order valence-electron chi connectivity index (χ1n) is 4.89. The van der Waals surface area contributed by atoms with E-state index in [0.29, 0.717) is 0 Å². The Bertz CT molecular complexity index is 372. The van der Waals surface area contributed by atoms with E-state index in [9.17, 15) is 4.79 Å². The van der Waals surface area contributed by atoms with Gasteiger partial charge in [-0.1, -0.05) is 6.92 Å². The van der Waals surface area contributed by atoms with Gasteiger partial charge >= 0.3 is 0 Å². The van der Waals surface area contributed by atoms with Crippen molar-refractivity contribution in [2.45, 2.75) is 25.2 Å². The second kappa shape index (κ2) is 5.21. The van der Waals surface area contributed by atoms with Gasteiger partial charge in [-0.15, -0.1) is 11.8 Å². The van der Waals surface area contributed by atoms with Gasteiger partial charge in [0.15, 0.2) is 5.78 Å². The van der Waals surface area contributed by atoms with E-state index in [1.165, 1.54) is 0 Å². The number of aryl methyl sites for hydroxylation is 1. The fraction of sp³-hybridized carbons (Fsp3) is 0.417. The summed E-state index contributed by atoms with van der Waals surface area (Å²) in [6.07, 6.45) is 2.89. The first kappa shape index (κ1) is 12.1.